The average Bonchev–Trinajstić information content (AvgIpc) is 2.26. The number of ketones is 1. The standard InChI is InChI=1S/C12H13NOS/c1-9(14)10(2)15-8-12-5-3-4-11(6-12)7-13/h3-6,10H,8H2,1-2H3. The second-order valence-electron chi connectivity index (χ2n) is 3.38. The lowest BCUT2D eigenvalue weighted by atomic mass is 10.2. The Labute approximate surface area is 94.3 Å². The third-order valence-electron chi connectivity index (χ3n) is 2.13. The van der Waals surface area contributed by atoms with Crippen LogP contribution in [0.15, 0.2) is 24.3 Å². The number of carbonyl (C=O) groups excluding carboxylic acids is 1. The van der Waals surface area contributed by atoms with Crippen molar-refractivity contribution in [1.82, 2.24) is 0 Å². The van der Waals surface area contributed by atoms with E-state index in [4.69, 9.17) is 5.26 Å². The van der Waals surface area contributed by atoms with Gasteiger partial charge in [0.2, 0.25) is 0 Å². The van der Waals surface area contributed by atoms with E-state index >= 15 is 0 Å². The first-order chi connectivity index (χ1) is 7.13. The first kappa shape index (κ1) is 11.8. The molecule has 0 fully saturated rings. The van der Waals surface area contributed by atoms with E-state index in [2.05, 4.69) is 6.07 Å². The molecule has 2 nitrogen and oxygen atoms in total. The van der Waals surface area contributed by atoms with Crippen LogP contribution in [0.2, 0.25) is 0 Å². The van der Waals surface area contributed by atoms with Crippen molar-refractivity contribution in [2.75, 3.05) is 0 Å². The Bertz CT molecular complexity index is 395. The zero-order valence-corrected chi connectivity index (χ0v) is 9.67. The number of nitriles is 1. The fourth-order valence-corrected chi connectivity index (χ4v) is 1.93. The molecule has 0 amide bonds. The monoisotopic (exact) mass is 219 g/mol. The minimum Gasteiger partial charge on any atom is -0.299 e. The maximum atomic E-state index is 11.0. The largest absolute Gasteiger partial charge is 0.299 e. The molecule has 1 unspecified atom stereocenters. The highest BCUT2D eigenvalue weighted by molar-refractivity contribution is 7.99. The van der Waals surface area contributed by atoms with E-state index in [1.54, 1.807) is 24.8 Å². The summed E-state index contributed by atoms with van der Waals surface area (Å²) in [6.45, 7) is 3.50. The van der Waals surface area contributed by atoms with Crippen molar-refractivity contribution < 1.29 is 4.79 Å². The van der Waals surface area contributed by atoms with Gasteiger partial charge < -0.3 is 0 Å². The SMILES string of the molecule is CC(=O)C(C)SCc1cccc(C#N)c1. The summed E-state index contributed by atoms with van der Waals surface area (Å²) >= 11 is 1.60. The Morgan fingerprint density at radius 1 is 1.60 bits per heavy atom. The molecule has 0 bridgehead atoms. The third-order valence-corrected chi connectivity index (χ3v) is 3.46. The van der Waals surface area contributed by atoms with Crippen LogP contribution in [0.25, 0.3) is 0 Å². The number of Topliss-reactive ketones (excluding diaryl/α,β-unsaturated/α-hetero) is 1. The van der Waals surface area contributed by atoms with Gasteiger partial charge in [0, 0.05) is 5.75 Å². The summed E-state index contributed by atoms with van der Waals surface area (Å²) in [5, 5.41) is 8.74. The molecule has 0 aromatic heterocycles. The fourth-order valence-electron chi connectivity index (χ4n) is 1.07. The van der Waals surface area contributed by atoms with Crippen LogP contribution in [0.1, 0.15) is 25.0 Å². The maximum Gasteiger partial charge on any atom is 0.142 e. The first-order valence-corrected chi connectivity index (χ1v) is 5.79. The van der Waals surface area contributed by atoms with Crippen LogP contribution in [-0.4, -0.2) is 11.0 Å². The average molecular weight is 219 g/mol. The molecule has 0 saturated carbocycles. The summed E-state index contributed by atoms with van der Waals surface area (Å²) < 4.78 is 0. The van der Waals surface area contributed by atoms with Gasteiger partial charge in [-0.25, -0.2) is 0 Å². The Hall–Kier alpha value is -1.27. The van der Waals surface area contributed by atoms with Gasteiger partial charge >= 0.3 is 0 Å². The fraction of sp³-hybridized carbons (Fsp3) is 0.333. The molecular weight excluding hydrogens is 206 g/mol. The number of benzene rings is 1. The van der Waals surface area contributed by atoms with E-state index in [-0.39, 0.29) is 11.0 Å². The first-order valence-electron chi connectivity index (χ1n) is 4.74. The number of carbonyl (C=O) groups is 1. The number of hydrogen-bond acceptors (Lipinski definition) is 3. The normalized spacial score (nSPS) is 11.8. The van der Waals surface area contributed by atoms with Crippen molar-refractivity contribution in [1.29, 1.82) is 5.26 Å². The molecule has 0 radical (unpaired) electrons. The minimum absolute atomic E-state index is 0.0238. The van der Waals surface area contributed by atoms with Gasteiger partial charge in [0.05, 0.1) is 16.9 Å². The predicted molar refractivity (Wildman–Crippen MR) is 62.6 cm³/mol. The Morgan fingerprint density at radius 2 is 2.33 bits per heavy atom. The van der Waals surface area contributed by atoms with Crippen molar-refractivity contribution in [2.24, 2.45) is 0 Å². The van der Waals surface area contributed by atoms with Crippen LogP contribution in [0.3, 0.4) is 0 Å². The molecule has 0 N–H and O–H groups in total. The van der Waals surface area contributed by atoms with E-state index in [1.807, 2.05) is 25.1 Å². The Kier molecular flexibility index (Phi) is 4.38. The van der Waals surface area contributed by atoms with Gasteiger partial charge in [-0.2, -0.15) is 5.26 Å². The van der Waals surface area contributed by atoms with E-state index in [0.29, 0.717) is 5.56 Å². The zero-order chi connectivity index (χ0) is 11.3. The molecule has 0 saturated heterocycles. The summed E-state index contributed by atoms with van der Waals surface area (Å²) in [5.41, 5.74) is 1.76. The lowest BCUT2D eigenvalue weighted by Gasteiger charge is -2.07. The Balaban J connectivity index is 2.58. The highest BCUT2D eigenvalue weighted by Gasteiger charge is 2.07. The molecule has 1 rings (SSSR count). The summed E-state index contributed by atoms with van der Waals surface area (Å²) in [4.78, 5) is 11.0. The van der Waals surface area contributed by atoms with Crippen LogP contribution in [0.4, 0.5) is 0 Å². The van der Waals surface area contributed by atoms with Crippen molar-refractivity contribution in [3.8, 4) is 6.07 Å². The lowest BCUT2D eigenvalue weighted by Crippen LogP contribution is -2.08. The molecule has 0 aliphatic carbocycles. The van der Waals surface area contributed by atoms with Crippen LogP contribution in [0, 0.1) is 11.3 Å². The second kappa shape index (κ2) is 5.57. The van der Waals surface area contributed by atoms with Crippen LogP contribution >= 0.6 is 11.8 Å². The second-order valence-corrected chi connectivity index (χ2v) is 4.71. The minimum atomic E-state index is 0.0238. The molecule has 1 aromatic carbocycles. The van der Waals surface area contributed by atoms with Crippen molar-refractivity contribution in [2.45, 2.75) is 24.9 Å². The van der Waals surface area contributed by atoms with E-state index in [0.717, 1.165) is 11.3 Å². The van der Waals surface area contributed by atoms with Crippen molar-refractivity contribution >= 4 is 17.5 Å². The molecule has 1 aromatic rings. The van der Waals surface area contributed by atoms with E-state index in [9.17, 15) is 4.79 Å². The molecule has 15 heavy (non-hydrogen) atoms. The highest BCUT2D eigenvalue weighted by atomic mass is 32.2. The molecule has 0 heterocycles. The topological polar surface area (TPSA) is 40.9 Å². The summed E-state index contributed by atoms with van der Waals surface area (Å²) in [7, 11) is 0. The number of nitrogens with zero attached hydrogens (tertiary/aromatic N) is 1. The van der Waals surface area contributed by atoms with Crippen LogP contribution < -0.4 is 0 Å². The van der Waals surface area contributed by atoms with E-state index < -0.39 is 0 Å². The number of thioether (sulfide) groups is 1. The van der Waals surface area contributed by atoms with Crippen molar-refractivity contribution in [3.05, 3.63) is 35.4 Å². The molecule has 0 aliphatic heterocycles. The highest BCUT2D eigenvalue weighted by Crippen LogP contribution is 2.18. The quantitative estimate of drug-likeness (QED) is 0.781. The lowest BCUT2D eigenvalue weighted by molar-refractivity contribution is -0.116. The van der Waals surface area contributed by atoms with E-state index in [1.165, 1.54) is 0 Å². The van der Waals surface area contributed by atoms with Gasteiger partial charge in [0.15, 0.2) is 0 Å². The molecule has 78 valence electrons. The Morgan fingerprint density at radius 3 is 2.93 bits per heavy atom. The van der Waals surface area contributed by atoms with Crippen LogP contribution in [0.5, 0.6) is 0 Å². The van der Waals surface area contributed by atoms with Gasteiger partial charge in [-0.1, -0.05) is 12.1 Å². The summed E-state index contributed by atoms with van der Waals surface area (Å²) in [5.74, 6) is 0.965. The van der Waals surface area contributed by atoms with Gasteiger partial charge in [-0.3, -0.25) is 4.79 Å². The maximum absolute atomic E-state index is 11.0. The molecule has 1 atom stereocenters. The summed E-state index contributed by atoms with van der Waals surface area (Å²) in [6.07, 6.45) is 0. The van der Waals surface area contributed by atoms with Gasteiger partial charge in [0.25, 0.3) is 0 Å². The molecule has 0 aliphatic rings. The van der Waals surface area contributed by atoms with Crippen LogP contribution in [-0.2, 0) is 10.5 Å². The van der Waals surface area contributed by atoms with Gasteiger partial charge in [-0.15, -0.1) is 11.8 Å². The summed E-state index contributed by atoms with van der Waals surface area (Å²) in [6, 6.07) is 9.58. The number of rotatable bonds is 4. The predicted octanol–water partition coefficient (Wildman–Crippen LogP) is 2.77. The van der Waals surface area contributed by atoms with Crippen molar-refractivity contribution in [3.63, 3.8) is 0 Å². The number of hydrogen-bond donors (Lipinski definition) is 0. The zero-order valence-electron chi connectivity index (χ0n) is 8.86. The third kappa shape index (κ3) is 3.77. The molecular formula is C12H13NOS. The van der Waals surface area contributed by atoms with Gasteiger partial charge in [0.1, 0.15) is 5.78 Å². The smallest absolute Gasteiger partial charge is 0.142 e. The molecule has 3 heteroatoms. The molecule has 0 spiro atoms. The van der Waals surface area contributed by atoms with Gasteiger partial charge in [-0.05, 0) is 31.5 Å².